The Kier molecular flexibility index (Phi) is 6.02. The number of carbonyl (C=O) groups excluding carboxylic acids is 2. The smallest absolute Gasteiger partial charge is 0.240 e. The third-order valence-corrected chi connectivity index (χ3v) is 4.71. The first kappa shape index (κ1) is 16.3. The van der Waals surface area contributed by atoms with E-state index in [-0.39, 0.29) is 11.8 Å². The van der Waals surface area contributed by atoms with Crippen LogP contribution in [0.4, 0.5) is 0 Å². The molecular formula is C16H21IN2O2. The molecule has 0 aliphatic heterocycles. The van der Waals surface area contributed by atoms with E-state index in [4.69, 9.17) is 5.73 Å². The molecule has 1 aliphatic carbocycles. The van der Waals surface area contributed by atoms with Gasteiger partial charge in [0.1, 0.15) is 6.04 Å². The van der Waals surface area contributed by atoms with Gasteiger partial charge in [-0.15, -0.1) is 0 Å². The largest absolute Gasteiger partial charge is 0.368 e. The predicted octanol–water partition coefficient (Wildman–Crippen LogP) is 2.38. The highest BCUT2D eigenvalue weighted by molar-refractivity contribution is 14.1. The monoisotopic (exact) mass is 400 g/mol. The van der Waals surface area contributed by atoms with E-state index in [0.717, 1.165) is 34.8 Å². The molecule has 0 unspecified atom stereocenters. The van der Waals surface area contributed by atoms with E-state index in [1.165, 1.54) is 6.42 Å². The van der Waals surface area contributed by atoms with E-state index in [1.54, 1.807) is 0 Å². The first-order chi connectivity index (χ1) is 10.1. The molecule has 1 aromatic rings. The molecule has 114 valence electrons. The molecular weight excluding hydrogens is 379 g/mol. The van der Waals surface area contributed by atoms with Crippen LogP contribution in [-0.2, 0) is 16.0 Å². The number of benzene rings is 1. The molecule has 1 aliphatic rings. The molecule has 1 fully saturated rings. The lowest BCUT2D eigenvalue weighted by Crippen LogP contribution is -2.48. The minimum absolute atomic E-state index is 0.0241. The average Bonchev–Trinajstić information content (AvgIpc) is 2.49. The van der Waals surface area contributed by atoms with Crippen molar-refractivity contribution in [2.24, 2.45) is 11.7 Å². The van der Waals surface area contributed by atoms with Crippen molar-refractivity contribution in [3.8, 4) is 0 Å². The Balaban J connectivity index is 1.96. The van der Waals surface area contributed by atoms with Crippen LogP contribution in [0.2, 0.25) is 0 Å². The summed E-state index contributed by atoms with van der Waals surface area (Å²) in [5.74, 6) is -0.459. The van der Waals surface area contributed by atoms with Crippen molar-refractivity contribution in [2.45, 2.75) is 44.6 Å². The molecule has 0 aromatic heterocycles. The van der Waals surface area contributed by atoms with Gasteiger partial charge in [0.15, 0.2) is 0 Å². The second-order valence-electron chi connectivity index (χ2n) is 5.63. The first-order valence-corrected chi connectivity index (χ1v) is 8.48. The SMILES string of the molecule is NC(=O)[C@H](Cc1ccc(I)cc1)NC(=O)C1CCCCC1. The van der Waals surface area contributed by atoms with Gasteiger partial charge >= 0.3 is 0 Å². The topological polar surface area (TPSA) is 72.2 Å². The van der Waals surface area contributed by atoms with Crippen LogP contribution in [0.15, 0.2) is 24.3 Å². The molecule has 3 N–H and O–H groups in total. The highest BCUT2D eigenvalue weighted by Gasteiger charge is 2.25. The number of amides is 2. The Morgan fingerprint density at radius 3 is 2.38 bits per heavy atom. The Hall–Kier alpha value is -1.11. The van der Waals surface area contributed by atoms with Gasteiger partial charge in [-0.25, -0.2) is 0 Å². The van der Waals surface area contributed by atoms with E-state index in [0.29, 0.717) is 6.42 Å². The number of carbonyl (C=O) groups is 2. The van der Waals surface area contributed by atoms with Crippen LogP contribution < -0.4 is 11.1 Å². The Morgan fingerprint density at radius 1 is 1.19 bits per heavy atom. The van der Waals surface area contributed by atoms with Crippen LogP contribution in [0.3, 0.4) is 0 Å². The second kappa shape index (κ2) is 7.77. The third kappa shape index (κ3) is 4.98. The van der Waals surface area contributed by atoms with Gasteiger partial charge in [-0.2, -0.15) is 0 Å². The predicted molar refractivity (Wildman–Crippen MR) is 90.6 cm³/mol. The molecule has 0 bridgehead atoms. The summed E-state index contributed by atoms with van der Waals surface area (Å²) < 4.78 is 1.14. The number of primary amides is 1. The van der Waals surface area contributed by atoms with E-state index >= 15 is 0 Å². The van der Waals surface area contributed by atoms with Crippen molar-refractivity contribution in [1.82, 2.24) is 5.32 Å². The van der Waals surface area contributed by atoms with Gasteiger partial charge in [-0.3, -0.25) is 9.59 Å². The third-order valence-electron chi connectivity index (χ3n) is 3.99. The minimum Gasteiger partial charge on any atom is -0.368 e. The van der Waals surface area contributed by atoms with Gasteiger partial charge in [0.25, 0.3) is 0 Å². The normalized spacial score (nSPS) is 17.2. The molecule has 5 heteroatoms. The number of halogens is 1. The summed E-state index contributed by atoms with van der Waals surface area (Å²) in [6, 6.07) is 7.27. The zero-order valence-corrected chi connectivity index (χ0v) is 14.1. The van der Waals surface area contributed by atoms with Crippen molar-refractivity contribution in [3.05, 3.63) is 33.4 Å². The molecule has 21 heavy (non-hydrogen) atoms. The van der Waals surface area contributed by atoms with Gasteiger partial charge in [0.05, 0.1) is 0 Å². The highest BCUT2D eigenvalue weighted by Crippen LogP contribution is 2.23. The van der Waals surface area contributed by atoms with Crippen LogP contribution in [0.1, 0.15) is 37.7 Å². The summed E-state index contributed by atoms with van der Waals surface area (Å²) in [6.07, 6.45) is 5.67. The molecule has 0 radical (unpaired) electrons. The first-order valence-electron chi connectivity index (χ1n) is 7.40. The molecule has 0 spiro atoms. The Labute approximate surface area is 139 Å². The molecule has 2 amide bonds. The van der Waals surface area contributed by atoms with Crippen molar-refractivity contribution in [1.29, 1.82) is 0 Å². The van der Waals surface area contributed by atoms with Crippen LogP contribution in [0.25, 0.3) is 0 Å². The molecule has 2 rings (SSSR count). The standard InChI is InChI=1S/C16H21IN2O2/c17-13-8-6-11(7-9-13)10-14(15(18)20)19-16(21)12-4-2-1-3-5-12/h6-9,12,14H,1-5,10H2,(H2,18,20)(H,19,21)/t14-/m0/s1. The second-order valence-corrected chi connectivity index (χ2v) is 6.87. The van der Waals surface area contributed by atoms with Gasteiger partial charge in [0.2, 0.25) is 11.8 Å². The zero-order chi connectivity index (χ0) is 15.2. The van der Waals surface area contributed by atoms with Gasteiger partial charge < -0.3 is 11.1 Å². The van der Waals surface area contributed by atoms with Crippen molar-refractivity contribution < 1.29 is 9.59 Å². The summed E-state index contributed by atoms with van der Waals surface area (Å²) in [4.78, 5) is 23.8. The van der Waals surface area contributed by atoms with Gasteiger partial charge in [0, 0.05) is 15.9 Å². The molecule has 0 heterocycles. The number of nitrogens with two attached hydrogens (primary N) is 1. The van der Waals surface area contributed by atoms with E-state index < -0.39 is 11.9 Å². The van der Waals surface area contributed by atoms with Crippen LogP contribution in [0, 0.1) is 9.49 Å². The van der Waals surface area contributed by atoms with Crippen molar-refractivity contribution >= 4 is 34.4 Å². The fourth-order valence-corrected chi connectivity index (χ4v) is 3.09. The minimum atomic E-state index is -0.625. The van der Waals surface area contributed by atoms with Crippen LogP contribution in [0.5, 0.6) is 0 Å². The summed E-state index contributed by atoms with van der Waals surface area (Å²) in [6.45, 7) is 0. The summed E-state index contributed by atoms with van der Waals surface area (Å²) in [7, 11) is 0. The Morgan fingerprint density at radius 2 is 1.81 bits per heavy atom. The molecule has 1 aromatic carbocycles. The summed E-state index contributed by atoms with van der Waals surface area (Å²) >= 11 is 2.23. The molecule has 0 saturated heterocycles. The van der Waals surface area contributed by atoms with E-state index in [2.05, 4.69) is 27.9 Å². The maximum Gasteiger partial charge on any atom is 0.240 e. The van der Waals surface area contributed by atoms with Crippen LogP contribution in [-0.4, -0.2) is 17.9 Å². The highest BCUT2D eigenvalue weighted by atomic mass is 127. The summed E-state index contributed by atoms with van der Waals surface area (Å²) in [5, 5.41) is 2.83. The van der Waals surface area contributed by atoms with Crippen molar-refractivity contribution in [3.63, 3.8) is 0 Å². The maximum absolute atomic E-state index is 12.2. The van der Waals surface area contributed by atoms with Crippen LogP contribution >= 0.6 is 22.6 Å². The number of hydrogen-bond donors (Lipinski definition) is 2. The number of hydrogen-bond acceptors (Lipinski definition) is 2. The number of rotatable bonds is 5. The molecule has 1 saturated carbocycles. The lowest BCUT2D eigenvalue weighted by atomic mass is 9.88. The van der Waals surface area contributed by atoms with Gasteiger partial charge in [-0.05, 0) is 53.1 Å². The lowest BCUT2D eigenvalue weighted by Gasteiger charge is -2.23. The number of nitrogens with one attached hydrogen (secondary N) is 1. The Bertz CT molecular complexity index is 496. The summed E-state index contributed by atoms with van der Waals surface area (Å²) in [5.41, 5.74) is 6.44. The zero-order valence-electron chi connectivity index (χ0n) is 12.0. The molecule has 1 atom stereocenters. The average molecular weight is 400 g/mol. The van der Waals surface area contributed by atoms with Gasteiger partial charge in [-0.1, -0.05) is 31.4 Å². The fourth-order valence-electron chi connectivity index (χ4n) is 2.73. The quantitative estimate of drug-likeness (QED) is 0.746. The maximum atomic E-state index is 12.2. The fraction of sp³-hybridized carbons (Fsp3) is 0.500. The van der Waals surface area contributed by atoms with Crippen molar-refractivity contribution in [2.75, 3.05) is 0 Å². The molecule has 4 nitrogen and oxygen atoms in total. The lowest BCUT2D eigenvalue weighted by molar-refractivity contribution is -0.130. The van der Waals surface area contributed by atoms with E-state index in [1.807, 2.05) is 24.3 Å². The van der Waals surface area contributed by atoms with E-state index in [9.17, 15) is 9.59 Å².